The van der Waals surface area contributed by atoms with Crippen LogP contribution in [-0.2, 0) is 11.2 Å². The van der Waals surface area contributed by atoms with Crippen LogP contribution in [0.4, 0.5) is 0 Å². The number of imidazole rings is 1. The van der Waals surface area contributed by atoms with Gasteiger partial charge in [0.2, 0.25) is 5.91 Å². The standard InChI is InChI=1S/C20H26N6O2/c1-15-10-23-17(12-22-15)19(28)25-8-5-20(6-9-25)4-2-18(27)26(13-20)7-3-16-11-21-14-24-16/h10-12,14H,2-9,13H2,1H3,(H,21,24). The Morgan fingerprint density at radius 2 is 2.00 bits per heavy atom. The van der Waals surface area contributed by atoms with E-state index in [1.165, 1.54) is 0 Å². The van der Waals surface area contributed by atoms with E-state index in [2.05, 4.69) is 19.9 Å². The van der Waals surface area contributed by atoms with Crippen molar-refractivity contribution in [1.82, 2.24) is 29.7 Å². The van der Waals surface area contributed by atoms with E-state index in [-0.39, 0.29) is 17.2 Å². The summed E-state index contributed by atoms with van der Waals surface area (Å²) in [5, 5.41) is 0. The predicted octanol–water partition coefficient (Wildman–Crippen LogP) is 1.60. The van der Waals surface area contributed by atoms with Gasteiger partial charge in [0.25, 0.3) is 5.91 Å². The molecule has 2 aliphatic heterocycles. The number of hydrogen-bond acceptors (Lipinski definition) is 5. The van der Waals surface area contributed by atoms with Crippen LogP contribution in [0.5, 0.6) is 0 Å². The van der Waals surface area contributed by atoms with Gasteiger partial charge in [0.1, 0.15) is 5.69 Å². The van der Waals surface area contributed by atoms with E-state index in [9.17, 15) is 9.59 Å². The highest BCUT2D eigenvalue weighted by atomic mass is 16.2. The van der Waals surface area contributed by atoms with Crippen molar-refractivity contribution in [2.24, 2.45) is 5.41 Å². The lowest BCUT2D eigenvalue weighted by molar-refractivity contribution is -0.138. The van der Waals surface area contributed by atoms with Crippen molar-refractivity contribution in [2.45, 2.75) is 39.0 Å². The van der Waals surface area contributed by atoms with Crippen molar-refractivity contribution < 1.29 is 9.59 Å². The maximum absolute atomic E-state index is 12.7. The van der Waals surface area contributed by atoms with Crippen LogP contribution in [0.15, 0.2) is 24.9 Å². The summed E-state index contributed by atoms with van der Waals surface area (Å²) < 4.78 is 0. The van der Waals surface area contributed by atoms with Crippen molar-refractivity contribution in [3.05, 3.63) is 42.0 Å². The molecule has 148 valence electrons. The SMILES string of the molecule is Cc1cnc(C(=O)N2CCC3(CCC(=O)N(CCc4cnc[nH]4)C3)CC2)cn1. The molecule has 0 unspecified atom stereocenters. The average molecular weight is 382 g/mol. The predicted molar refractivity (Wildman–Crippen MR) is 102 cm³/mol. The highest BCUT2D eigenvalue weighted by Crippen LogP contribution is 2.40. The summed E-state index contributed by atoms with van der Waals surface area (Å²) in [5.74, 6) is 0.184. The summed E-state index contributed by atoms with van der Waals surface area (Å²) in [5.41, 5.74) is 2.38. The lowest BCUT2D eigenvalue weighted by atomic mass is 9.72. The average Bonchev–Trinajstić information content (AvgIpc) is 3.23. The fourth-order valence-corrected chi connectivity index (χ4v) is 4.24. The molecule has 0 saturated carbocycles. The number of carbonyl (C=O) groups is 2. The van der Waals surface area contributed by atoms with Crippen molar-refractivity contribution in [3.63, 3.8) is 0 Å². The van der Waals surface area contributed by atoms with Gasteiger partial charge in [0, 0.05) is 57.1 Å². The van der Waals surface area contributed by atoms with Gasteiger partial charge in [0.15, 0.2) is 0 Å². The van der Waals surface area contributed by atoms with Gasteiger partial charge in [-0.2, -0.15) is 0 Å². The third-order valence-corrected chi connectivity index (χ3v) is 6.07. The Labute approximate surface area is 164 Å². The zero-order chi connectivity index (χ0) is 19.6. The zero-order valence-electron chi connectivity index (χ0n) is 16.2. The van der Waals surface area contributed by atoms with Crippen molar-refractivity contribution in [1.29, 1.82) is 0 Å². The van der Waals surface area contributed by atoms with Crippen LogP contribution < -0.4 is 0 Å². The lowest BCUT2D eigenvalue weighted by Gasteiger charge is -2.47. The van der Waals surface area contributed by atoms with Crippen molar-refractivity contribution in [2.75, 3.05) is 26.2 Å². The normalized spacial score (nSPS) is 19.2. The Balaban J connectivity index is 1.35. The first-order valence-corrected chi connectivity index (χ1v) is 9.88. The Morgan fingerprint density at radius 3 is 2.68 bits per heavy atom. The number of aromatic nitrogens is 4. The molecule has 1 N–H and O–H groups in total. The summed E-state index contributed by atoms with van der Waals surface area (Å²) in [6, 6.07) is 0. The number of aryl methyl sites for hydroxylation is 1. The number of carbonyl (C=O) groups excluding carboxylic acids is 2. The number of likely N-dealkylation sites (tertiary alicyclic amines) is 2. The maximum atomic E-state index is 12.7. The fourth-order valence-electron chi connectivity index (χ4n) is 4.24. The van der Waals surface area contributed by atoms with Crippen LogP contribution in [0, 0.1) is 12.3 Å². The maximum Gasteiger partial charge on any atom is 0.274 e. The molecular formula is C20H26N6O2. The molecular weight excluding hydrogens is 356 g/mol. The summed E-state index contributed by atoms with van der Waals surface area (Å²) in [7, 11) is 0. The van der Waals surface area contributed by atoms with Crippen LogP contribution >= 0.6 is 0 Å². The molecule has 8 heteroatoms. The van der Waals surface area contributed by atoms with E-state index in [1.807, 2.05) is 22.9 Å². The summed E-state index contributed by atoms with van der Waals surface area (Å²) in [6.07, 6.45) is 10.8. The summed E-state index contributed by atoms with van der Waals surface area (Å²) in [4.78, 5) is 44.5. The number of nitrogens with one attached hydrogen (secondary N) is 1. The largest absolute Gasteiger partial charge is 0.348 e. The molecule has 28 heavy (non-hydrogen) atoms. The van der Waals surface area contributed by atoms with Crippen molar-refractivity contribution in [3.8, 4) is 0 Å². The molecule has 0 bridgehead atoms. The number of hydrogen-bond donors (Lipinski definition) is 1. The van der Waals surface area contributed by atoms with E-state index in [1.54, 1.807) is 18.7 Å². The van der Waals surface area contributed by atoms with E-state index in [0.717, 1.165) is 43.6 Å². The Hall–Kier alpha value is -2.77. The molecule has 2 saturated heterocycles. The topological polar surface area (TPSA) is 95.1 Å². The summed E-state index contributed by atoms with van der Waals surface area (Å²) in [6.45, 7) is 4.76. The molecule has 0 radical (unpaired) electrons. The van der Waals surface area contributed by atoms with Crippen molar-refractivity contribution >= 4 is 11.8 Å². The van der Waals surface area contributed by atoms with Gasteiger partial charge in [-0.05, 0) is 31.6 Å². The number of piperidine rings is 2. The number of nitrogens with zero attached hydrogens (tertiary/aromatic N) is 5. The number of amides is 2. The van der Waals surface area contributed by atoms with Crippen LogP contribution in [0.1, 0.15) is 47.6 Å². The number of H-pyrrole nitrogens is 1. The van der Waals surface area contributed by atoms with E-state index in [0.29, 0.717) is 31.7 Å². The minimum atomic E-state index is -0.0506. The van der Waals surface area contributed by atoms with Gasteiger partial charge in [-0.3, -0.25) is 14.6 Å². The zero-order valence-corrected chi connectivity index (χ0v) is 16.2. The number of rotatable bonds is 4. The van der Waals surface area contributed by atoms with Gasteiger partial charge in [-0.1, -0.05) is 0 Å². The third-order valence-electron chi connectivity index (χ3n) is 6.07. The molecule has 8 nitrogen and oxygen atoms in total. The fraction of sp³-hybridized carbons (Fsp3) is 0.550. The highest BCUT2D eigenvalue weighted by molar-refractivity contribution is 5.92. The molecule has 4 heterocycles. The minimum Gasteiger partial charge on any atom is -0.348 e. The lowest BCUT2D eigenvalue weighted by Crippen LogP contribution is -2.52. The van der Waals surface area contributed by atoms with Gasteiger partial charge in [-0.15, -0.1) is 0 Å². The quantitative estimate of drug-likeness (QED) is 0.867. The van der Waals surface area contributed by atoms with Gasteiger partial charge in [-0.25, -0.2) is 9.97 Å². The molecule has 0 aromatic carbocycles. The van der Waals surface area contributed by atoms with Crippen LogP contribution in [0.3, 0.4) is 0 Å². The summed E-state index contributed by atoms with van der Waals surface area (Å²) >= 11 is 0. The van der Waals surface area contributed by atoms with Gasteiger partial charge < -0.3 is 14.8 Å². The molecule has 2 aliphatic rings. The first kappa shape index (κ1) is 18.6. The minimum absolute atomic E-state index is 0.0506. The third kappa shape index (κ3) is 3.90. The first-order valence-electron chi connectivity index (χ1n) is 9.88. The second kappa shape index (κ2) is 7.69. The molecule has 2 amide bonds. The van der Waals surface area contributed by atoms with E-state index in [4.69, 9.17) is 0 Å². The Morgan fingerprint density at radius 1 is 1.18 bits per heavy atom. The second-order valence-electron chi connectivity index (χ2n) is 7.98. The monoisotopic (exact) mass is 382 g/mol. The smallest absolute Gasteiger partial charge is 0.274 e. The molecule has 0 aliphatic carbocycles. The van der Waals surface area contributed by atoms with E-state index >= 15 is 0 Å². The molecule has 2 fully saturated rings. The van der Waals surface area contributed by atoms with Crippen LogP contribution in [-0.4, -0.2) is 67.7 Å². The Bertz CT molecular complexity index is 825. The second-order valence-corrected chi connectivity index (χ2v) is 7.98. The molecule has 4 rings (SSSR count). The molecule has 2 aromatic rings. The molecule has 1 spiro atoms. The van der Waals surface area contributed by atoms with E-state index < -0.39 is 0 Å². The van der Waals surface area contributed by atoms with Crippen LogP contribution in [0.2, 0.25) is 0 Å². The number of aromatic amines is 1. The molecule has 0 atom stereocenters. The van der Waals surface area contributed by atoms with Gasteiger partial charge >= 0.3 is 0 Å². The van der Waals surface area contributed by atoms with Crippen LogP contribution in [0.25, 0.3) is 0 Å². The molecule has 2 aromatic heterocycles. The first-order chi connectivity index (χ1) is 13.5. The van der Waals surface area contributed by atoms with Gasteiger partial charge in [0.05, 0.1) is 18.2 Å². The highest BCUT2D eigenvalue weighted by Gasteiger charge is 2.41. The Kier molecular flexibility index (Phi) is 5.11.